The molecule has 2 rings (SSSR count). The van der Waals surface area contributed by atoms with Gasteiger partial charge >= 0.3 is 0 Å². The molecule has 2 N–H and O–H groups in total. The van der Waals surface area contributed by atoms with Crippen LogP contribution in [-0.2, 0) is 0 Å². The van der Waals surface area contributed by atoms with E-state index in [-0.39, 0.29) is 17.2 Å². The number of hydrogen-bond donors (Lipinski definition) is 2. The number of H-pyrrole nitrogens is 1. The van der Waals surface area contributed by atoms with Gasteiger partial charge in [0.2, 0.25) is 5.95 Å². The van der Waals surface area contributed by atoms with Crippen LogP contribution in [-0.4, -0.2) is 20.9 Å². The summed E-state index contributed by atoms with van der Waals surface area (Å²) >= 11 is 12.0. The van der Waals surface area contributed by atoms with E-state index in [0.29, 0.717) is 21.3 Å². The van der Waals surface area contributed by atoms with Crippen molar-refractivity contribution in [3.05, 3.63) is 49.9 Å². The second-order valence-corrected chi connectivity index (χ2v) is 4.86. The van der Waals surface area contributed by atoms with Gasteiger partial charge in [0.15, 0.2) is 0 Å². The van der Waals surface area contributed by atoms with E-state index in [4.69, 9.17) is 23.2 Å². The number of hydrazone groups is 1. The van der Waals surface area contributed by atoms with Crippen molar-refractivity contribution in [1.29, 1.82) is 0 Å². The molecular weight excluding hydrogens is 301 g/mol. The van der Waals surface area contributed by atoms with Gasteiger partial charge in [-0.2, -0.15) is 5.10 Å². The summed E-state index contributed by atoms with van der Waals surface area (Å²) < 4.78 is 0. The van der Waals surface area contributed by atoms with Crippen LogP contribution in [0.2, 0.25) is 10.0 Å². The molecule has 2 aromatic rings. The minimum atomic E-state index is -0.323. The van der Waals surface area contributed by atoms with Crippen LogP contribution in [0.4, 0.5) is 5.95 Å². The molecule has 0 saturated carbocycles. The van der Waals surface area contributed by atoms with Crippen LogP contribution in [0.3, 0.4) is 0 Å². The zero-order valence-electron chi connectivity index (χ0n) is 10.7. The van der Waals surface area contributed by atoms with Crippen LogP contribution >= 0.6 is 23.2 Å². The number of aromatic amines is 1. The largest absolute Gasteiger partial charge is 0.288 e. The second kappa shape index (κ2) is 6.02. The SMILES string of the molecule is C/C(=N\Nc1nnc(C)c(=O)[nH]1)c1cc(Cl)ccc1Cl. The summed E-state index contributed by atoms with van der Waals surface area (Å²) in [5.74, 6) is 0.151. The normalized spacial score (nSPS) is 11.5. The second-order valence-electron chi connectivity index (χ2n) is 4.02. The molecule has 0 atom stereocenters. The summed E-state index contributed by atoms with van der Waals surface area (Å²) in [6.07, 6.45) is 0. The topological polar surface area (TPSA) is 83.0 Å². The lowest BCUT2D eigenvalue weighted by atomic mass is 10.1. The Bertz CT molecular complexity index is 726. The van der Waals surface area contributed by atoms with E-state index in [1.807, 2.05) is 0 Å². The molecule has 20 heavy (non-hydrogen) atoms. The Hall–Kier alpha value is -1.92. The predicted molar refractivity (Wildman–Crippen MR) is 79.7 cm³/mol. The maximum Gasteiger partial charge on any atom is 0.274 e. The number of rotatable bonds is 3. The van der Waals surface area contributed by atoms with Gasteiger partial charge < -0.3 is 0 Å². The number of nitrogens with one attached hydrogen (secondary N) is 2. The highest BCUT2D eigenvalue weighted by atomic mass is 35.5. The zero-order chi connectivity index (χ0) is 14.7. The van der Waals surface area contributed by atoms with E-state index >= 15 is 0 Å². The minimum Gasteiger partial charge on any atom is -0.288 e. The summed E-state index contributed by atoms with van der Waals surface area (Å²) in [7, 11) is 0. The van der Waals surface area contributed by atoms with Gasteiger partial charge in [-0.25, -0.2) is 5.43 Å². The Morgan fingerprint density at radius 3 is 2.80 bits per heavy atom. The maximum atomic E-state index is 11.4. The molecule has 1 aromatic carbocycles. The summed E-state index contributed by atoms with van der Waals surface area (Å²) in [5, 5.41) is 12.6. The van der Waals surface area contributed by atoms with Gasteiger partial charge in [-0.3, -0.25) is 9.78 Å². The molecule has 0 saturated heterocycles. The van der Waals surface area contributed by atoms with Gasteiger partial charge in [0.25, 0.3) is 5.56 Å². The molecule has 0 radical (unpaired) electrons. The van der Waals surface area contributed by atoms with E-state index in [2.05, 4.69) is 25.7 Å². The molecule has 0 amide bonds. The first kappa shape index (κ1) is 14.5. The number of benzene rings is 1. The Kier molecular flexibility index (Phi) is 4.36. The third kappa shape index (κ3) is 3.34. The van der Waals surface area contributed by atoms with E-state index in [1.165, 1.54) is 0 Å². The molecule has 1 aromatic heterocycles. The summed E-state index contributed by atoms with van der Waals surface area (Å²) in [4.78, 5) is 13.9. The van der Waals surface area contributed by atoms with Crippen molar-refractivity contribution < 1.29 is 0 Å². The van der Waals surface area contributed by atoms with Crippen molar-refractivity contribution in [3.8, 4) is 0 Å². The third-order valence-corrected chi connectivity index (χ3v) is 3.07. The highest BCUT2D eigenvalue weighted by molar-refractivity contribution is 6.36. The molecule has 1 heterocycles. The first-order valence-corrected chi connectivity index (χ1v) is 6.42. The lowest BCUT2D eigenvalue weighted by molar-refractivity contribution is 0.897. The molecule has 0 bridgehead atoms. The Morgan fingerprint density at radius 2 is 2.10 bits per heavy atom. The molecule has 0 spiro atoms. The fourth-order valence-corrected chi connectivity index (χ4v) is 1.84. The van der Waals surface area contributed by atoms with Crippen molar-refractivity contribution in [1.82, 2.24) is 15.2 Å². The minimum absolute atomic E-state index is 0.151. The number of nitrogens with zero attached hydrogens (tertiary/aromatic N) is 3. The highest BCUT2D eigenvalue weighted by Crippen LogP contribution is 2.21. The molecule has 0 aliphatic rings. The fraction of sp³-hybridized carbons (Fsp3) is 0.167. The van der Waals surface area contributed by atoms with E-state index in [9.17, 15) is 4.79 Å². The van der Waals surface area contributed by atoms with Gasteiger partial charge in [-0.1, -0.05) is 23.2 Å². The molecule has 0 aliphatic carbocycles. The monoisotopic (exact) mass is 311 g/mol. The number of hydrogen-bond acceptors (Lipinski definition) is 5. The third-order valence-electron chi connectivity index (χ3n) is 2.51. The Labute approximate surface area is 124 Å². The fourth-order valence-electron chi connectivity index (χ4n) is 1.42. The lowest BCUT2D eigenvalue weighted by Crippen LogP contribution is -2.16. The van der Waals surface area contributed by atoms with Gasteiger partial charge in [-0.15, -0.1) is 10.2 Å². The zero-order valence-corrected chi connectivity index (χ0v) is 12.2. The predicted octanol–water partition coefficient (Wildman–Crippen LogP) is 2.62. The van der Waals surface area contributed by atoms with Crippen molar-refractivity contribution in [3.63, 3.8) is 0 Å². The number of anilines is 1. The van der Waals surface area contributed by atoms with Gasteiger partial charge in [0.1, 0.15) is 5.69 Å². The van der Waals surface area contributed by atoms with Crippen LogP contribution in [0.25, 0.3) is 0 Å². The van der Waals surface area contributed by atoms with Crippen LogP contribution in [0.1, 0.15) is 18.2 Å². The van der Waals surface area contributed by atoms with Crippen molar-refractivity contribution in [2.45, 2.75) is 13.8 Å². The summed E-state index contributed by atoms with van der Waals surface area (Å²) in [6, 6.07) is 5.08. The van der Waals surface area contributed by atoms with E-state index in [1.54, 1.807) is 32.0 Å². The van der Waals surface area contributed by atoms with Crippen molar-refractivity contribution in [2.75, 3.05) is 5.43 Å². The molecule has 8 heteroatoms. The Balaban J connectivity index is 2.24. The quantitative estimate of drug-likeness (QED) is 0.674. The molecule has 104 valence electrons. The van der Waals surface area contributed by atoms with E-state index < -0.39 is 0 Å². The molecular formula is C12H11Cl2N5O. The van der Waals surface area contributed by atoms with E-state index in [0.717, 1.165) is 0 Å². The lowest BCUT2D eigenvalue weighted by Gasteiger charge is -2.05. The van der Waals surface area contributed by atoms with Crippen molar-refractivity contribution in [2.24, 2.45) is 5.10 Å². The first-order chi connectivity index (χ1) is 9.47. The average molecular weight is 312 g/mol. The maximum absolute atomic E-state index is 11.4. The van der Waals surface area contributed by atoms with Crippen molar-refractivity contribution >= 4 is 34.9 Å². The van der Waals surface area contributed by atoms with Gasteiger partial charge in [-0.05, 0) is 32.0 Å². The number of aromatic nitrogens is 3. The average Bonchev–Trinajstić information content (AvgIpc) is 2.42. The molecule has 0 unspecified atom stereocenters. The summed E-state index contributed by atoms with van der Waals surface area (Å²) in [5.41, 5.74) is 3.86. The standard InChI is InChI=1S/C12H11Cl2N5O/c1-6(9-5-8(13)3-4-10(9)14)16-18-12-15-11(20)7(2)17-19-12/h3-5H,1-2H3,(H2,15,18,19,20)/b16-6+. The van der Waals surface area contributed by atoms with Crippen LogP contribution < -0.4 is 11.0 Å². The molecule has 6 nitrogen and oxygen atoms in total. The number of halogens is 2. The molecule has 0 fully saturated rings. The highest BCUT2D eigenvalue weighted by Gasteiger charge is 2.05. The molecule has 0 aliphatic heterocycles. The van der Waals surface area contributed by atoms with Gasteiger partial charge in [0.05, 0.1) is 5.71 Å². The van der Waals surface area contributed by atoms with Crippen LogP contribution in [0.5, 0.6) is 0 Å². The van der Waals surface area contributed by atoms with Gasteiger partial charge in [0, 0.05) is 15.6 Å². The first-order valence-electron chi connectivity index (χ1n) is 5.66. The van der Waals surface area contributed by atoms with Crippen LogP contribution in [0, 0.1) is 6.92 Å². The number of aryl methyl sites for hydroxylation is 1. The Morgan fingerprint density at radius 1 is 1.35 bits per heavy atom. The van der Waals surface area contributed by atoms with Crippen LogP contribution in [0.15, 0.2) is 28.1 Å². The smallest absolute Gasteiger partial charge is 0.274 e. The summed E-state index contributed by atoms with van der Waals surface area (Å²) in [6.45, 7) is 3.32.